The van der Waals surface area contributed by atoms with Crippen molar-refractivity contribution in [1.29, 1.82) is 0 Å². The van der Waals surface area contributed by atoms with E-state index in [0.29, 0.717) is 0 Å². The Bertz CT molecular complexity index is 368. The van der Waals surface area contributed by atoms with Gasteiger partial charge in [0.25, 0.3) is 0 Å². The minimum Gasteiger partial charge on any atom is -0.350 e. The van der Waals surface area contributed by atoms with Crippen molar-refractivity contribution < 1.29 is 4.79 Å². The first-order valence-electron chi connectivity index (χ1n) is 5.67. The summed E-state index contributed by atoms with van der Waals surface area (Å²) >= 11 is 0. The third-order valence-corrected chi connectivity index (χ3v) is 2.58. The van der Waals surface area contributed by atoms with Crippen molar-refractivity contribution in [3.8, 4) is 0 Å². The molecule has 0 fully saturated rings. The van der Waals surface area contributed by atoms with Gasteiger partial charge in [0.2, 0.25) is 5.91 Å². The molecule has 86 valence electrons. The molecule has 0 spiro atoms. The molecule has 0 aliphatic heterocycles. The highest BCUT2D eigenvalue weighted by atomic mass is 16.1. The first kappa shape index (κ1) is 12.5. The van der Waals surface area contributed by atoms with Gasteiger partial charge in [0.05, 0.1) is 0 Å². The fourth-order valence-electron chi connectivity index (χ4n) is 1.37. The predicted octanol–water partition coefficient (Wildman–Crippen LogP) is 3.00. The first-order valence-corrected chi connectivity index (χ1v) is 5.67. The highest BCUT2D eigenvalue weighted by Crippen LogP contribution is 2.12. The quantitative estimate of drug-likeness (QED) is 0.772. The fraction of sp³-hybridized carbons (Fsp3) is 0.357. The number of hydrogen-bond acceptors (Lipinski definition) is 1. The van der Waals surface area contributed by atoms with Crippen molar-refractivity contribution in [2.45, 2.75) is 33.2 Å². The summed E-state index contributed by atoms with van der Waals surface area (Å²) in [5.41, 5.74) is 2.07. The normalized spacial score (nSPS) is 13.3. The summed E-state index contributed by atoms with van der Waals surface area (Å²) in [7, 11) is 0. The molecule has 0 saturated heterocycles. The molecule has 1 atom stereocenters. The van der Waals surface area contributed by atoms with Crippen LogP contribution in [0.2, 0.25) is 0 Å². The smallest absolute Gasteiger partial charge is 0.244 e. The second-order valence-corrected chi connectivity index (χ2v) is 4.01. The zero-order valence-corrected chi connectivity index (χ0v) is 10.2. The molecule has 2 heteroatoms. The molecule has 0 aliphatic rings. The Balaban J connectivity index is 2.67. The Hall–Kier alpha value is -1.57. The van der Waals surface area contributed by atoms with Crippen molar-refractivity contribution >= 4 is 11.5 Å². The lowest BCUT2D eigenvalue weighted by Crippen LogP contribution is -2.30. The van der Waals surface area contributed by atoms with Crippen LogP contribution >= 0.6 is 0 Å². The lowest BCUT2D eigenvalue weighted by Gasteiger charge is -2.09. The molecule has 0 aromatic heterocycles. The second-order valence-electron chi connectivity index (χ2n) is 4.01. The van der Waals surface area contributed by atoms with E-state index in [0.717, 1.165) is 17.6 Å². The van der Waals surface area contributed by atoms with E-state index in [2.05, 4.69) is 12.2 Å². The molecule has 16 heavy (non-hydrogen) atoms. The van der Waals surface area contributed by atoms with Crippen LogP contribution in [0.15, 0.2) is 36.4 Å². The van der Waals surface area contributed by atoms with Gasteiger partial charge in [-0.3, -0.25) is 4.79 Å². The summed E-state index contributed by atoms with van der Waals surface area (Å²) in [6, 6.07) is 10.1. The maximum Gasteiger partial charge on any atom is 0.244 e. The Morgan fingerprint density at radius 3 is 2.56 bits per heavy atom. The minimum atomic E-state index is -0.0179. The van der Waals surface area contributed by atoms with Crippen molar-refractivity contribution in [2.24, 2.45) is 0 Å². The highest BCUT2D eigenvalue weighted by Gasteiger charge is 2.03. The molecule has 0 radical (unpaired) electrons. The van der Waals surface area contributed by atoms with Crippen LogP contribution in [-0.4, -0.2) is 11.9 Å². The number of amides is 1. The number of carbonyl (C=O) groups excluding carboxylic acids is 1. The second kappa shape index (κ2) is 6.11. The van der Waals surface area contributed by atoms with Crippen LogP contribution in [0.3, 0.4) is 0 Å². The Kier molecular flexibility index (Phi) is 4.77. The lowest BCUT2D eigenvalue weighted by atomic mass is 10.1. The summed E-state index contributed by atoms with van der Waals surface area (Å²) in [5.74, 6) is -0.0179. The molecular formula is C14H19NO. The van der Waals surface area contributed by atoms with E-state index < -0.39 is 0 Å². The molecule has 1 amide bonds. The van der Waals surface area contributed by atoms with Gasteiger partial charge < -0.3 is 5.32 Å². The Labute approximate surface area is 97.4 Å². The van der Waals surface area contributed by atoms with Gasteiger partial charge in [-0.05, 0) is 31.4 Å². The number of rotatable bonds is 4. The number of carbonyl (C=O) groups is 1. The minimum absolute atomic E-state index is 0.0179. The summed E-state index contributed by atoms with van der Waals surface area (Å²) in [4.78, 5) is 11.6. The van der Waals surface area contributed by atoms with E-state index in [1.165, 1.54) is 0 Å². The van der Waals surface area contributed by atoms with Gasteiger partial charge in [0.1, 0.15) is 0 Å². The van der Waals surface area contributed by atoms with Crippen LogP contribution in [-0.2, 0) is 4.79 Å². The fourth-order valence-corrected chi connectivity index (χ4v) is 1.37. The van der Waals surface area contributed by atoms with Crippen LogP contribution in [0.5, 0.6) is 0 Å². The number of benzene rings is 1. The molecule has 1 aromatic carbocycles. The van der Waals surface area contributed by atoms with Crippen LogP contribution in [0.4, 0.5) is 0 Å². The average molecular weight is 217 g/mol. The van der Waals surface area contributed by atoms with E-state index in [9.17, 15) is 4.79 Å². The molecule has 0 saturated carbocycles. The maximum absolute atomic E-state index is 11.6. The third kappa shape index (κ3) is 3.89. The molecule has 1 rings (SSSR count). The Morgan fingerprint density at radius 1 is 1.38 bits per heavy atom. The largest absolute Gasteiger partial charge is 0.350 e. The van der Waals surface area contributed by atoms with Gasteiger partial charge in [-0.2, -0.15) is 0 Å². The van der Waals surface area contributed by atoms with Gasteiger partial charge in [-0.1, -0.05) is 37.3 Å². The summed E-state index contributed by atoms with van der Waals surface area (Å²) in [6.07, 6.45) is 2.60. The zero-order chi connectivity index (χ0) is 12.0. The van der Waals surface area contributed by atoms with Crippen LogP contribution in [0.1, 0.15) is 32.8 Å². The predicted molar refractivity (Wildman–Crippen MR) is 68.0 cm³/mol. The van der Waals surface area contributed by atoms with Gasteiger partial charge in [0, 0.05) is 12.1 Å². The Morgan fingerprint density at radius 2 is 2.00 bits per heavy atom. The number of allylic oxidation sites excluding steroid dienone is 1. The van der Waals surface area contributed by atoms with E-state index >= 15 is 0 Å². The molecule has 0 heterocycles. The van der Waals surface area contributed by atoms with E-state index in [4.69, 9.17) is 0 Å². The van der Waals surface area contributed by atoms with Crippen LogP contribution < -0.4 is 5.32 Å². The first-order chi connectivity index (χ1) is 7.63. The van der Waals surface area contributed by atoms with E-state index in [1.807, 2.05) is 44.2 Å². The third-order valence-electron chi connectivity index (χ3n) is 2.58. The standard InChI is InChI=1S/C14H19NO/c1-4-12(3)15-14(16)10-11(2)13-8-6-5-7-9-13/h5-10,12H,4H2,1-3H3,(H,15,16)/b11-10+/t12-/m1/s1. The van der Waals surface area contributed by atoms with Crippen LogP contribution in [0, 0.1) is 0 Å². The lowest BCUT2D eigenvalue weighted by molar-refractivity contribution is -0.117. The topological polar surface area (TPSA) is 29.1 Å². The molecule has 0 unspecified atom stereocenters. The van der Waals surface area contributed by atoms with Crippen molar-refractivity contribution in [3.63, 3.8) is 0 Å². The molecular weight excluding hydrogens is 198 g/mol. The molecule has 1 N–H and O–H groups in total. The summed E-state index contributed by atoms with van der Waals surface area (Å²) in [6.45, 7) is 6.01. The van der Waals surface area contributed by atoms with Gasteiger partial charge in [-0.25, -0.2) is 0 Å². The molecule has 0 bridgehead atoms. The average Bonchev–Trinajstić information content (AvgIpc) is 2.29. The maximum atomic E-state index is 11.6. The molecule has 1 aromatic rings. The van der Waals surface area contributed by atoms with Gasteiger partial charge in [0.15, 0.2) is 0 Å². The van der Waals surface area contributed by atoms with Gasteiger partial charge in [-0.15, -0.1) is 0 Å². The zero-order valence-electron chi connectivity index (χ0n) is 10.2. The number of nitrogens with one attached hydrogen (secondary N) is 1. The van der Waals surface area contributed by atoms with E-state index in [1.54, 1.807) is 6.08 Å². The summed E-state index contributed by atoms with van der Waals surface area (Å²) < 4.78 is 0. The number of hydrogen-bond donors (Lipinski definition) is 1. The summed E-state index contributed by atoms with van der Waals surface area (Å²) in [5, 5.41) is 2.91. The molecule has 0 aliphatic carbocycles. The monoisotopic (exact) mass is 217 g/mol. The SMILES string of the molecule is CC[C@@H](C)NC(=O)/C=C(\C)c1ccccc1. The van der Waals surface area contributed by atoms with Crippen LogP contribution in [0.25, 0.3) is 5.57 Å². The molecule has 2 nitrogen and oxygen atoms in total. The van der Waals surface area contributed by atoms with Crippen molar-refractivity contribution in [3.05, 3.63) is 42.0 Å². The van der Waals surface area contributed by atoms with E-state index in [-0.39, 0.29) is 11.9 Å². The van der Waals surface area contributed by atoms with Crippen molar-refractivity contribution in [2.75, 3.05) is 0 Å². The van der Waals surface area contributed by atoms with Crippen molar-refractivity contribution in [1.82, 2.24) is 5.32 Å². The van der Waals surface area contributed by atoms with Gasteiger partial charge >= 0.3 is 0 Å². The highest BCUT2D eigenvalue weighted by molar-refractivity contribution is 5.94.